The topological polar surface area (TPSA) is 47.0 Å². The van der Waals surface area contributed by atoms with Gasteiger partial charge in [0.2, 0.25) is 0 Å². The van der Waals surface area contributed by atoms with Crippen molar-refractivity contribution in [1.29, 1.82) is 0 Å². The van der Waals surface area contributed by atoms with Crippen LogP contribution in [-0.4, -0.2) is 17.1 Å². The maximum Gasteiger partial charge on any atom is 0.119 e. The fraction of sp³-hybridized carbons (Fsp3) is 0.167. The molecule has 0 fully saturated rings. The fourth-order valence-electron chi connectivity index (χ4n) is 1.32. The Hall–Kier alpha value is -2.10. The number of rotatable bonds is 4. The molecule has 82 valence electrons. The summed E-state index contributed by atoms with van der Waals surface area (Å²) in [5.41, 5.74) is 2.00. The zero-order valence-corrected chi connectivity index (χ0v) is 9.05. The maximum atomic E-state index is 5.08. The Morgan fingerprint density at radius 2 is 2.00 bits per heavy atom. The third-order valence-electron chi connectivity index (χ3n) is 2.21. The zero-order chi connectivity index (χ0) is 11.2. The van der Waals surface area contributed by atoms with E-state index in [1.54, 1.807) is 19.6 Å². The third kappa shape index (κ3) is 2.70. The summed E-state index contributed by atoms with van der Waals surface area (Å²) in [6.07, 6.45) is 3.28. The van der Waals surface area contributed by atoms with E-state index in [1.165, 1.54) is 0 Å². The van der Waals surface area contributed by atoms with E-state index in [0.717, 1.165) is 17.1 Å². The smallest absolute Gasteiger partial charge is 0.119 e. The first-order valence-electron chi connectivity index (χ1n) is 5.01. The molecule has 1 aromatic carbocycles. The lowest BCUT2D eigenvalue weighted by Crippen LogP contribution is -2.01. The van der Waals surface area contributed by atoms with Gasteiger partial charge in [0.05, 0.1) is 19.3 Å². The summed E-state index contributed by atoms with van der Waals surface area (Å²) in [4.78, 5) is 8.00. The largest absolute Gasteiger partial charge is 0.497 e. The number of benzene rings is 1. The van der Waals surface area contributed by atoms with Crippen molar-refractivity contribution in [2.45, 2.75) is 6.54 Å². The summed E-state index contributed by atoms with van der Waals surface area (Å²) < 4.78 is 5.08. The molecule has 1 N–H and O–H groups in total. The molecular weight excluding hydrogens is 202 g/mol. The first-order chi connectivity index (χ1) is 7.88. The Balaban J connectivity index is 1.94. The van der Waals surface area contributed by atoms with Crippen LogP contribution in [0.1, 0.15) is 5.69 Å². The zero-order valence-electron chi connectivity index (χ0n) is 9.05. The van der Waals surface area contributed by atoms with Crippen molar-refractivity contribution in [1.82, 2.24) is 9.97 Å². The average Bonchev–Trinajstić information content (AvgIpc) is 2.38. The number of methoxy groups -OCH3 is 1. The lowest BCUT2D eigenvalue weighted by molar-refractivity contribution is 0.415. The first-order valence-corrected chi connectivity index (χ1v) is 5.01. The van der Waals surface area contributed by atoms with Crippen molar-refractivity contribution in [3.63, 3.8) is 0 Å². The predicted octanol–water partition coefficient (Wildman–Crippen LogP) is 2.10. The van der Waals surface area contributed by atoms with E-state index in [9.17, 15) is 0 Å². The van der Waals surface area contributed by atoms with E-state index in [1.807, 2.05) is 30.3 Å². The van der Waals surface area contributed by atoms with Gasteiger partial charge in [-0.3, -0.25) is 0 Å². The Morgan fingerprint density at radius 3 is 2.62 bits per heavy atom. The molecule has 1 heterocycles. The van der Waals surface area contributed by atoms with Crippen molar-refractivity contribution in [3.8, 4) is 5.75 Å². The molecule has 0 amide bonds. The van der Waals surface area contributed by atoms with Crippen LogP contribution in [0, 0.1) is 0 Å². The van der Waals surface area contributed by atoms with Crippen molar-refractivity contribution in [2.75, 3.05) is 12.4 Å². The van der Waals surface area contributed by atoms with Crippen molar-refractivity contribution in [3.05, 3.63) is 48.5 Å². The molecule has 0 aliphatic heterocycles. The van der Waals surface area contributed by atoms with Gasteiger partial charge in [0.25, 0.3) is 0 Å². The molecule has 0 bridgehead atoms. The van der Waals surface area contributed by atoms with Crippen molar-refractivity contribution in [2.24, 2.45) is 0 Å². The lowest BCUT2D eigenvalue weighted by Gasteiger charge is -2.06. The summed E-state index contributed by atoms with van der Waals surface area (Å²) in [7, 11) is 1.66. The number of aromatic nitrogens is 2. The number of anilines is 1. The second-order valence-electron chi connectivity index (χ2n) is 3.28. The van der Waals surface area contributed by atoms with Gasteiger partial charge >= 0.3 is 0 Å². The van der Waals surface area contributed by atoms with Crippen LogP contribution in [0.15, 0.2) is 42.9 Å². The summed E-state index contributed by atoms with van der Waals surface area (Å²) in [5.74, 6) is 0.854. The van der Waals surface area contributed by atoms with Gasteiger partial charge < -0.3 is 10.1 Å². The minimum Gasteiger partial charge on any atom is -0.497 e. The van der Waals surface area contributed by atoms with Gasteiger partial charge in [-0.2, -0.15) is 0 Å². The highest BCUT2D eigenvalue weighted by Gasteiger charge is 1.95. The normalized spacial score (nSPS) is 9.81. The van der Waals surface area contributed by atoms with Crippen LogP contribution in [0.5, 0.6) is 5.75 Å². The molecule has 0 radical (unpaired) electrons. The molecule has 1 aromatic heterocycles. The molecule has 0 unspecified atom stereocenters. The minimum atomic E-state index is 0.689. The molecule has 2 aromatic rings. The average molecular weight is 215 g/mol. The second-order valence-corrected chi connectivity index (χ2v) is 3.28. The SMILES string of the molecule is COc1ccc(NCc2ccncn2)cc1. The van der Waals surface area contributed by atoms with Gasteiger partial charge in [-0.05, 0) is 30.3 Å². The quantitative estimate of drug-likeness (QED) is 0.848. The number of ether oxygens (including phenoxy) is 1. The molecule has 0 aliphatic carbocycles. The minimum absolute atomic E-state index is 0.689. The van der Waals surface area contributed by atoms with E-state index in [-0.39, 0.29) is 0 Å². The predicted molar refractivity (Wildman–Crippen MR) is 62.4 cm³/mol. The Morgan fingerprint density at radius 1 is 1.19 bits per heavy atom. The van der Waals surface area contributed by atoms with E-state index >= 15 is 0 Å². The fourth-order valence-corrected chi connectivity index (χ4v) is 1.32. The Kier molecular flexibility index (Phi) is 3.33. The lowest BCUT2D eigenvalue weighted by atomic mass is 10.3. The van der Waals surface area contributed by atoms with Gasteiger partial charge in [0, 0.05) is 11.9 Å². The summed E-state index contributed by atoms with van der Waals surface area (Å²) in [6, 6.07) is 9.67. The van der Waals surface area contributed by atoms with Crippen LogP contribution in [0.2, 0.25) is 0 Å². The van der Waals surface area contributed by atoms with Crippen LogP contribution in [0.4, 0.5) is 5.69 Å². The van der Waals surface area contributed by atoms with E-state index in [2.05, 4.69) is 15.3 Å². The molecule has 16 heavy (non-hydrogen) atoms. The van der Waals surface area contributed by atoms with Crippen LogP contribution in [0.3, 0.4) is 0 Å². The molecule has 0 saturated heterocycles. The van der Waals surface area contributed by atoms with E-state index in [0.29, 0.717) is 6.54 Å². The molecule has 4 heteroatoms. The molecule has 0 atom stereocenters. The number of hydrogen-bond donors (Lipinski definition) is 1. The monoisotopic (exact) mass is 215 g/mol. The standard InChI is InChI=1S/C12H13N3O/c1-16-12-4-2-10(3-5-12)14-8-11-6-7-13-9-15-11/h2-7,9,14H,8H2,1H3. The molecule has 2 rings (SSSR count). The first kappa shape index (κ1) is 10.4. The number of nitrogens with one attached hydrogen (secondary N) is 1. The molecule has 0 saturated carbocycles. The molecular formula is C12H13N3O. The highest BCUT2D eigenvalue weighted by Crippen LogP contribution is 2.15. The van der Waals surface area contributed by atoms with Crippen LogP contribution >= 0.6 is 0 Å². The van der Waals surface area contributed by atoms with Gasteiger partial charge in [0.1, 0.15) is 12.1 Å². The molecule has 4 nitrogen and oxygen atoms in total. The summed E-state index contributed by atoms with van der Waals surface area (Å²) in [6.45, 7) is 0.689. The van der Waals surface area contributed by atoms with Crippen LogP contribution < -0.4 is 10.1 Å². The van der Waals surface area contributed by atoms with Gasteiger partial charge in [-0.1, -0.05) is 0 Å². The van der Waals surface area contributed by atoms with Gasteiger partial charge in [-0.25, -0.2) is 9.97 Å². The third-order valence-corrected chi connectivity index (χ3v) is 2.21. The Bertz CT molecular complexity index is 428. The van der Waals surface area contributed by atoms with E-state index < -0.39 is 0 Å². The summed E-state index contributed by atoms with van der Waals surface area (Å²) in [5, 5.41) is 3.27. The number of nitrogens with zero attached hydrogens (tertiary/aromatic N) is 2. The highest BCUT2D eigenvalue weighted by atomic mass is 16.5. The number of hydrogen-bond acceptors (Lipinski definition) is 4. The van der Waals surface area contributed by atoms with Crippen molar-refractivity contribution >= 4 is 5.69 Å². The van der Waals surface area contributed by atoms with Crippen molar-refractivity contribution < 1.29 is 4.74 Å². The summed E-state index contributed by atoms with van der Waals surface area (Å²) >= 11 is 0. The second kappa shape index (κ2) is 5.11. The van der Waals surface area contributed by atoms with Crippen LogP contribution in [-0.2, 0) is 6.54 Å². The van der Waals surface area contributed by atoms with Crippen LogP contribution in [0.25, 0.3) is 0 Å². The van der Waals surface area contributed by atoms with Gasteiger partial charge in [0.15, 0.2) is 0 Å². The molecule has 0 spiro atoms. The van der Waals surface area contributed by atoms with E-state index in [4.69, 9.17) is 4.74 Å². The highest BCUT2D eigenvalue weighted by molar-refractivity contribution is 5.46. The van der Waals surface area contributed by atoms with Gasteiger partial charge in [-0.15, -0.1) is 0 Å². The molecule has 0 aliphatic rings. The Labute approximate surface area is 94.3 Å². The maximum absolute atomic E-state index is 5.08.